The Kier molecular flexibility index (Phi) is 5.78. The molecule has 6 nitrogen and oxygen atoms in total. The monoisotopic (exact) mass is 347 g/mol. The Morgan fingerprint density at radius 3 is 2.40 bits per heavy atom. The second-order valence-corrected chi connectivity index (χ2v) is 6.73. The Bertz CT molecular complexity index is 699. The molecule has 1 fully saturated rings. The molecule has 1 aromatic carbocycles. The lowest BCUT2D eigenvalue weighted by Gasteiger charge is -2.32. The van der Waals surface area contributed by atoms with E-state index in [0.717, 1.165) is 0 Å². The van der Waals surface area contributed by atoms with Gasteiger partial charge in [0.05, 0.1) is 24.4 Å². The molecule has 0 spiro atoms. The van der Waals surface area contributed by atoms with Gasteiger partial charge in [0.15, 0.2) is 0 Å². The molecule has 1 heterocycles. The molecule has 1 aromatic rings. The molecule has 0 aliphatic carbocycles. The molecule has 2 rings (SSSR count). The Labute approximate surface area is 147 Å². The summed E-state index contributed by atoms with van der Waals surface area (Å²) in [4.78, 5) is 2.74. The molecule has 8 heteroatoms. The number of hydrogen-bond donors (Lipinski definition) is 0. The fourth-order valence-electron chi connectivity index (χ4n) is 2.48. The summed E-state index contributed by atoms with van der Waals surface area (Å²) in [5.41, 5.74) is 7.43. The average Bonchev–Trinajstić information content (AvgIpc) is 2.77. The van der Waals surface area contributed by atoms with Crippen LogP contribution in [0.2, 0.25) is 0 Å². The van der Waals surface area contributed by atoms with Crippen LogP contribution in [0.1, 0.15) is 40.2 Å². The first kappa shape index (κ1) is 19.3. The van der Waals surface area contributed by atoms with Crippen molar-refractivity contribution >= 4 is 12.7 Å². The lowest BCUT2D eigenvalue weighted by atomic mass is 9.82. The average molecular weight is 347 g/mol. The van der Waals surface area contributed by atoms with Gasteiger partial charge in [-0.05, 0) is 51.8 Å². The van der Waals surface area contributed by atoms with Crippen LogP contribution in [0.4, 0.5) is 4.39 Å². The minimum atomic E-state index is -1.16. The van der Waals surface area contributed by atoms with Gasteiger partial charge in [-0.2, -0.15) is 0 Å². The maximum atomic E-state index is 15.3. The summed E-state index contributed by atoms with van der Waals surface area (Å²) < 4.78 is 32.4. The van der Waals surface area contributed by atoms with Crippen LogP contribution in [0, 0.1) is 0 Å². The van der Waals surface area contributed by atoms with E-state index in [1.54, 1.807) is 24.3 Å². The molecule has 0 atom stereocenters. The molecule has 1 aliphatic heterocycles. The molecule has 0 amide bonds. The van der Waals surface area contributed by atoms with E-state index in [4.69, 9.17) is 19.6 Å². The molecule has 25 heavy (non-hydrogen) atoms. The summed E-state index contributed by atoms with van der Waals surface area (Å²) >= 11 is 0. The predicted octanol–water partition coefficient (Wildman–Crippen LogP) is 4.71. The largest absolute Gasteiger partial charge is 0.525 e. The lowest BCUT2D eigenvalue weighted by molar-refractivity contribution is 0.00578. The number of benzene rings is 1. The van der Waals surface area contributed by atoms with Gasteiger partial charge in [-0.25, -0.2) is 4.39 Å². The topological polar surface area (TPSA) is 76.5 Å². The Balaban J connectivity index is 2.50. The molecule has 0 radical (unpaired) electrons. The Morgan fingerprint density at radius 1 is 1.24 bits per heavy atom. The molecule has 0 aromatic heterocycles. The van der Waals surface area contributed by atoms with Crippen molar-refractivity contribution in [3.05, 3.63) is 46.0 Å². The summed E-state index contributed by atoms with van der Waals surface area (Å²) in [6.07, 6.45) is 0. The van der Waals surface area contributed by atoms with Crippen molar-refractivity contribution in [2.75, 3.05) is 13.2 Å². The highest BCUT2D eigenvalue weighted by Gasteiger charge is 2.53. The van der Waals surface area contributed by atoms with Crippen LogP contribution in [0.15, 0.2) is 35.1 Å². The Hall–Kier alpha value is -2.02. The van der Waals surface area contributed by atoms with Gasteiger partial charge in [-0.1, -0.05) is 23.3 Å². The van der Waals surface area contributed by atoms with E-state index in [-0.39, 0.29) is 12.1 Å². The second-order valence-electron chi connectivity index (χ2n) is 6.73. The third-order valence-corrected chi connectivity index (χ3v) is 4.55. The molecule has 1 saturated heterocycles. The number of halogens is 1. The SMILES string of the molecule is CCOc1ccccc1C(CN=[N+]=[N-])=C(F)B1OC(C)(C)C(C)(C)O1. The highest BCUT2D eigenvalue weighted by molar-refractivity contribution is 6.55. The molecule has 134 valence electrons. The number of azide groups is 1. The maximum Gasteiger partial charge on any atom is 0.525 e. The van der Waals surface area contributed by atoms with Crippen LogP contribution in [0.3, 0.4) is 0 Å². The van der Waals surface area contributed by atoms with Crippen molar-refractivity contribution in [1.29, 1.82) is 0 Å². The molecule has 0 bridgehead atoms. The zero-order valence-corrected chi connectivity index (χ0v) is 15.2. The van der Waals surface area contributed by atoms with Crippen LogP contribution >= 0.6 is 0 Å². The minimum Gasteiger partial charge on any atom is -0.493 e. The fraction of sp³-hybridized carbons (Fsp3) is 0.529. The van der Waals surface area contributed by atoms with E-state index in [2.05, 4.69) is 10.0 Å². The summed E-state index contributed by atoms with van der Waals surface area (Å²) in [6, 6.07) is 7.03. The first-order valence-corrected chi connectivity index (χ1v) is 8.20. The summed E-state index contributed by atoms with van der Waals surface area (Å²) in [6.45, 7) is 9.50. The van der Waals surface area contributed by atoms with E-state index in [0.29, 0.717) is 17.9 Å². The normalized spacial score (nSPS) is 19.2. The van der Waals surface area contributed by atoms with Gasteiger partial charge in [-0.15, -0.1) is 0 Å². The van der Waals surface area contributed by atoms with Crippen molar-refractivity contribution < 1.29 is 18.4 Å². The number of nitrogens with zero attached hydrogens (tertiary/aromatic N) is 3. The number of hydrogen-bond acceptors (Lipinski definition) is 4. The summed E-state index contributed by atoms with van der Waals surface area (Å²) in [7, 11) is -1.16. The van der Waals surface area contributed by atoms with Gasteiger partial charge in [0.25, 0.3) is 0 Å². The highest BCUT2D eigenvalue weighted by Crippen LogP contribution is 2.41. The minimum absolute atomic E-state index is 0.170. The molecule has 0 unspecified atom stereocenters. The van der Waals surface area contributed by atoms with Crippen molar-refractivity contribution in [2.24, 2.45) is 5.11 Å². The van der Waals surface area contributed by atoms with Crippen molar-refractivity contribution in [2.45, 2.75) is 45.8 Å². The molecule has 1 aliphatic rings. The summed E-state index contributed by atoms with van der Waals surface area (Å²) in [5, 5.41) is 3.53. The van der Waals surface area contributed by atoms with Crippen LogP contribution in [0.25, 0.3) is 16.0 Å². The van der Waals surface area contributed by atoms with Gasteiger partial charge < -0.3 is 14.0 Å². The van der Waals surface area contributed by atoms with Crippen molar-refractivity contribution in [3.8, 4) is 5.75 Å². The van der Waals surface area contributed by atoms with E-state index in [9.17, 15) is 0 Å². The van der Waals surface area contributed by atoms with Gasteiger partial charge in [0, 0.05) is 10.5 Å². The first-order valence-electron chi connectivity index (χ1n) is 8.20. The predicted molar refractivity (Wildman–Crippen MR) is 95.7 cm³/mol. The number of para-hydroxylation sites is 1. The van der Waals surface area contributed by atoms with Crippen LogP contribution in [-0.2, 0) is 9.31 Å². The molecular weight excluding hydrogens is 324 g/mol. The van der Waals surface area contributed by atoms with Crippen LogP contribution in [0.5, 0.6) is 5.75 Å². The van der Waals surface area contributed by atoms with E-state index in [1.807, 2.05) is 34.6 Å². The van der Waals surface area contributed by atoms with Crippen LogP contribution < -0.4 is 4.74 Å². The van der Waals surface area contributed by atoms with Gasteiger partial charge in [-0.3, -0.25) is 0 Å². The van der Waals surface area contributed by atoms with Crippen molar-refractivity contribution in [1.82, 2.24) is 0 Å². The zero-order valence-electron chi connectivity index (χ0n) is 15.2. The molecule has 0 saturated carbocycles. The third kappa shape index (κ3) is 3.98. The number of rotatable bonds is 6. The lowest BCUT2D eigenvalue weighted by Crippen LogP contribution is -2.41. The number of ether oxygens (including phenoxy) is 1. The molecular formula is C17H23BFN3O3. The van der Waals surface area contributed by atoms with E-state index >= 15 is 4.39 Å². The van der Waals surface area contributed by atoms with Gasteiger partial charge >= 0.3 is 7.12 Å². The highest BCUT2D eigenvalue weighted by atomic mass is 19.1. The van der Waals surface area contributed by atoms with E-state index < -0.39 is 24.0 Å². The molecule has 0 N–H and O–H groups in total. The smallest absolute Gasteiger partial charge is 0.493 e. The Morgan fingerprint density at radius 2 is 1.84 bits per heavy atom. The van der Waals surface area contributed by atoms with Crippen LogP contribution in [-0.4, -0.2) is 31.5 Å². The third-order valence-electron chi connectivity index (χ3n) is 4.55. The summed E-state index contributed by atoms with van der Waals surface area (Å²) in [5.74, 6) is 0.514. The standard InChI is InChI=1S/C17H23BFN3O3/c1-6-23-14-10-8-7-9-12(14)13(11-21-22-20)15(19)18-24-16(2,3)17(4,5)25-18/h7-10H,6,11H2,1-5H3. The quantitative estimate of drug-likeness (QED) is 0.324. The zero-order chi connectivity index (χ0) is 18.7. The van der Waals surface area contributed by atoms with Gasteiger partial charge in [0.1, 0.15) is 11.5 Å². The first-order chi connectivity index (χ1) is 11.7. The van der Waals surface area contributed by atoms with Crippen molar-refractivity contribution in [3.63, 3.8) is 0 Å². The maximum absolute atomic E-state index is 15.3. The van der Waals surface area contributed by atoms with E-state index in [1.165, 1.54) is 0 Å². The van der Waals surface area contributed by atoms with Gasteiger partial charge in [0.2, 0.25) is 0 Å². The fourth-order valence-corrected chi connectivity index (χ4v) is 2.48. The second kappa shape index (κ2) is 7.48.